The summed E-state index contributed by atoms with van der Waals surface area (Å²) in [5, 5.41) is 9.75. The maximum atomic E-state index is 9.75. The molecule has 0 heterocycles. The highest BCUT2D eigenvalue weighted by molar-refractivity contribution is 5.93. The Bertz CT molecular complexity index is 900. The highest BCUT2D eigenvalue weighted by Gasteiger charge is 2.11. The lowest BCUT2D eigenvalue weighted by molar-refractivity contribution is 0.281. The van der Waals surface area contributed by atoms with Crippen molar-refractivity contribution in [2.24, 2.45) is 0 Å². The van der Waals surface area contributed by atoms with Gasteiger partial charge in [0.1, 0.15) is 5.75 Å². The number of nitrogens with two attached hydrogens (primary N) is 1. The predicted octanol–water partition coefficient (Wildman–Crippen LogP) is 4.36. The highest BCUT2D eigenvalue weighted by Crippen LogP contribution is 2.31. The quantitative estimate of drug-likeness (QED) is 0.539. The number of ether oxygens (including phenoxy) is 1. The Balaban J connectivity index is 2.20. The largest absolute Gasteiger partial charge is 0.497 e. The number of rotatable bonds is 5. The van der Waals surface area contributed by atoms with E-state index in [1.165, 1.54) is 0 Å². The molecule has 126 valence electrons. The SMILES string of the molecule is COc1cccc(/C(=C/c2cccc(N)c2)c2ccccc2CO)c1. The standard InChI is InChI=1S/C22H21NO2/c1-25-20-10-5-8-17(14-20)22(13-16-6-4-9-19(23)12-16)21-11-3-2-7-18(21)15-24/h2-14,24H,15,23H2,1H3/b22-13-. The average molecular weight is 331 g/mol. The van der Waals surface area contributed by atoms with Crippen LogP contribution in [0.4, 0.5) is 5.69 Å². The van der Waals surface area contributed by atoms with Gasteiger partial charge in [0.2, 0.25) is 0 Å². The summed E-state index contributed by atoms with van der Waals surface area (Å²) in [7, 11) is 1.65. The van der Waals surface area contributed by atoms with Crippen molar-refractivity contribution in [2.75, 3.05) is 12.8 Å². The lowest BCUT2D eigenvalue weighted by atomic mass is 9.92. The molecular weight excluding hydrogens is 310 g/mol. The first-order chi connectivity index (χ1) is 12.2. The Labute approximate surface area is 148 Å². The van der Waals surface area contributed by atoms with Crippen molar-refractivity contribution in [1.29, 1.82) is 0 Å². The fourth-order valence-electron chi connectivity index (χ4n) is 2.84. The van der Waals surface area contributed by atoms with Crippen LogP contribution < -0.4 is 10.5 Å². The van der Waals surface area contributed by atoms with E-state index in [9.17, 15) is 5.11 Å². The molecule has 0 aliphatic heterocycles. The molecule has 0 atom stereocenters. The van der Waals surface area contributed by atoms with Gasteiger partial charge in [0.25, 0.3) is 0 Å². The van der Waals surface area contributed by atoms with Gasteiger partial charge in [-0.15, -0.1) is 0 Å². The third kappa shape index (κ3) is 3.90. The number of hydrogen-bond acceptors (Lipinski definition) is 3. The van der Waals surface area contributed by atoms with Crippen molar-refractivity contribution < 1.29 is 9.84 Å². The molecule has 25 heavy (non-hydrogen) atoms. The van der Waals surface area contributed by atoms with Crippen molar-refractivity contribution in [3.63, 3.8) is 0 Å². The first kappa shape index (κ1) is 16.8. The van der Waals surface area contributed by atoms with Crippen LogP contribution in [-0.2, 0) is 6.61 Å². The fourth-order valence-corrected chi connectivity index (χ4v) is 2.84. The zero-order chi connectivity index (χ0) is 17.6. The Morgan fingerprint density at radius 2 is 1.80 bits per heavy atom. The first-order valence-corrected chi connectivity index (χ1v) is 8.12. The van der Waals surface area contributed by atoms with Crippen molar-refractivity contribution >= 4 is 17.3 Å². The van der Waals surface area contributed by atoms with Crippen LogP contribution >= 0.6 is 0 Å². The summed E-state index contributed by atoms with van der Waals surface area (Å²) in [6.07, 6.45) is 2.08. The minimum Gasteiger partial charge on any atom is -0.497 e. The van der Waals surface area contributed by atoms with Crippen LogP contribution in [0, 0.1) is 0 Å². The summed E-state index contributed by atoms with van der Waals surface area (Å²) in [6, 6.07) is 23.5. The molecular formula is C22H21NO2. The highest BCUT2D eigenvalue weighted by atomic mass is 16.5. The van der Waals surface area contributed by atoms with Gasteiger partial charge in [-0.05, 0) is 58.2 Å². The molecule has 0 bridgehead atoms. The zero-order valence-corrected chi connectivity index (χ0v) is 14.1. The number of hydrogen-bond donors (Lipinski definition) is 2. The van der Waals surface area contributed by atoms with Gasteiger partial charge in [-0.1, -0.05) is 48.5 Å². The molecule has 3 rings (SSSR count). The summed E-state index contributed by atoms with van der Waals surface area (Å²) in [6.45, 7) is -0.0194. The lowest BCUT2D eigenvalue weighted by Crippen LogP contribution is -1.96. The number of nitrogen functional groups attached to an aromatic ring is 1. The number of anilines is 1. The van der Waals surface area contributed by atoms with Crippen LogP contribution in [0.15, 0.2) is 72.8 Å². The Morgan fingerprint density at radius 1 is 1.00 bits per heavy atom. The second-order valence-electron chi connectivity index (χ2n) is 5.78. The van der Waals surface area contributed by atoms with Crippen LogP contribution in [0.5, 0.6) is 5.75 Å². The molecule has 0 unspecified atom stereocenters. The van der Waals surface area contributed by atoms with E-state index in [0.29, 0.717) is 5.69 Å². The zero-order valence-electron chi connectivity index (χ0n) is 14.1. The Morgan fingerprint density at radius 3 is 2.56 bits per heavy atom. The van der Waals surface area contributed by atoms with Gasteiger partial charge >= 0.3 is 0 Å². The third-order valence-electron chi connectivity index (χ3n) is 4.08. The number of aliphatic hydroxyl groups is 1. The summed E-state index contributed by atoms with van der Waals surface area (Å²) in [5.74, 6) is 0.789. The Kier molecular flexibility index (Phi) is 5.17. The first-order valence-electron chi connectivity index (χ1n) is 8.12. The molecule has 3 N–H and O–H groups in total. The van der Waals surface area contributed by atoms with Gasteiger partial charge in [0.15, 0.2) is 0 Å². The van der Waals surface area contributed by atoms with Gasteiger partial charge < -0.3 is 15.6 Å². The van der Waals surface area contributed by atoms with Crippen LogP contribution in [-0.4, -0.2) is 12.2 Å². The second kappa shape index (κ2) is 7.69. The van der Waals surface area contributed by atoms with Crippen molar-refractivity contribution in [3.05, 3.63) is 95.1 Å². The van der Waals surface area contributed by atoms with Crippen molar-refractivity contribution in [1.82, 2.24) is 0 Å². The molecule has 0 radical (unpaired) electrons. The van der Waals surface area contributed by atoms with Crippen LogP contribution in [0.1, 0.15) is 22.3 Å². The van der Waals surface area contributed by atoms with Crippen LogP contribution in [0.2, 0.25) is 0 Å². The van der Waals surface area contributed by atoms with Crippen LogP contribution in [0.3, 0.4) is 0 Å². The van der Waals surface area contributed by atoms with E-state index in [0.717, 1.165) is 33.6 Å². The molecule has 0 fully saturated rings. The Hall–Kier alpha value is -3.04. The molecule has 0 aromatic heterocycles. The topological polar surface area (TPSA) is 55.5 Å². The maximum absolute atomic E-state index is 9.75. The van der Waals surface area contributed by atoms with E-state index in [-0.39, 0.29) is 6.61 Å². The molecule has 3 aromatic rings. The normalized spacial score (nSPS) is 11.4. The second-order valence-corrected chi connectivity index (χ2v) is 5.78. The monoisotopic (exact) mass is 331 g/mol. The van der Waals surface area contributed by atoms with Gasteiger partial charge in [-0.3, -0.25) is 0 Å². The molecule has 0 amide bonds. The molecule has 3 aromatic carbocycles. The fraction of sp³-hybridized carbons (Fsp3) is 0.0909. The molecule has 0 spiro atoms. The summed E-state index contributed by atoms with van der Waals surface area (Å²) in [5.41, 5.74) is 11.5. The minimum atomic E-state index is -0.0194. The van der Waals surface area contributed by atoms with Gasteiger partial charge in [-0.25, -0.2) is 0 Å². The molecule has 0 saturated carbocycles. The summed E-state index contributed by atoms with van der Waals surface area (Å²) in [4.78, 5) is 0. The minimum absolute atomic E-state index is 0.0194. The molecule has 3 heteroatoms. The number of benzene rings is 3. The van der Waals surface area contributed by atoms with Crippen molar-refractivity contribution in [3.8, 4) is 5.75 Å². The average Bonchev–Trinajstić information content (AvgIpc) is 2.66. The van der Waals surface area contributed by atoms with Gasteiger partial charge in [0.05, 0.1) is 13.7 Å². The molecule has 0 saturated heterocycles. The van der Waals surface area contributed by atoms with E-state index < -0.39 is 0 Å². The summed E-state index contributed by atoms with van der Waals surface area (Å²) >= 11 is 0. The van der Waals surface area contributed by atoms with E-state index in [4.69, 9.17) is 10.5 Å². The molecule has 0 aliphatic rings. The van der Waals surface area contributed by atoms with E-state index in [1.807, 2.05) is 72.8 Å². The molecule has 3 nitrogen and oxygen atoms in total. The third-order valence-corrected chi connectivity index (χ3v) is 4.08. The van der Waals surface area contributed by atoms with Gasteiger partial charge in [-0.2, -0.15) is 0 Å². The lowest BCUT2D eigenvalue weighted by Gasteiger charge is -2.14. The van der Waals surface area contributed by atoms with Gasteiger partial charge in [0, 0.05) is 5.69 Å². The van der Waals surface area contributed by atoms with E-state index >= 15 is 0 Å². The predicted molar refractivity (Wildman–Crippen MR) is 103 cm³/mol. The number of aliphatic hydroxyl groups excluding tert-OH is 1. The van der Waals surface area contributed by atoms with Crippen LogP contribution in [0.25, 0.3) is 11.6 Å². The van der Waals surface area contributed by atoms with Crippen molar-refractivity contribution in [2.45, 2.75) is 6.61 Å². The maximum Gasteiger partial charge on any atom is 0.119 e. The van der Waals surface area contributed by atoms with E-state index in [1.54, 1.807) is 7.11 Å². The van der Waals surface area contributed by atoms with E-state index in [2.05, 4.69) is 6.08 Å². The smallest absolute Gasteiger partial charge is 0.119 e. The number of methoxy groups -OCH3 is 1. The summed E-state index contributed by atoms with van der Waals surface area (Å²) < 4.78 is 5.37. The molecule has 0 aliphatic carbocycles.